The van der Waals surface area contributed by atoms with Crippen molar-refractivity contribution in [2.75, 3.05) is 29.4 Å². The highest BCUT2D eigenvalue weighted by molar-refractivity contribution is 7.70. The predicted octanol–water partition coefficient (Wildman–Crippen LogP) is 7.48. The van der Waals surface area contributed by atoms with Gasteiger partial charge in [0.25, 0.3) is 5.52 Å². The highest BCUT2D eigenvalue weighted by atomic mass is 32.1. The number of thiazole rings is 1. The Morgan fingerprint density at radius 3 is 2.28 bits per heavy atom. The first kappa shape index (κ1) is 64.3. The summed E-state index contributed by atoms with van der Waals surface area (Å²) >= 11 is 1.57. The number of nitrogens with two attached hydrogens (primary N) is 1. The van der Waals surface area contributed by atoms with Crippen LogP contribution in [0.15, 0.2) is 96.5 Å². The minimum atomic E-state index is -5.04. The fourth-order valence-corrected chi connectivity index (χ4v) is 14.2. The second kappa shape index (κ2) is 26.8. The number of likely N-dealkylation sites (tertiary alicyclic amines) is 1. The lowest BCUT2D eigenvalue weighted by Gasteiger charge is -2.37. The summed E-state index contributed by atoms with van der Waals surface area (Å²) in [5.41, 5.74) is 12.9. The Bertz CT molecular complexity index is 3730. The summed E-state index contributed by atoms with van der Waals surface area (Å²) in [6.45, 7) is 11.2. The van der Waals surface area contributed by atoms with Crippen molar-refractivity contribution in [3.05, 3.63) is 136 Å². The number of amides is 5. The van der Waals surface area contributed by atoms with E-state index >= 15 is 0 Å². The molecular weight excluding hydrogens is 1180 g/mol. The molecule has 8 N–H and O–H groups in total. The highest BCUT2D eigenvalue weighted by Gasteiger charge is 2.47. The third-order valence-corrected chi connectivity index (χ3v) is 19.9. The van der Waals surface area contributed by atoms with Crippen LogP contribution < -0.4 is 26.2 Å². The SMILES string of the molecule is Cc1ncsc1-c1ccc(CNC(=O)[C@@H]2C[C@@H](O)CN2C(=O)[C@@H](CC(=O)C2CCN(c3ccc(CO[C@H](C)[C@H](CCC(N)=O)NC(=O)[C@@H]4Cc5cccc6c5N4C(=O)[C@@H](CC(=O)c4cc5cc(C(=O)P(=O)(O)O)ccc5[nH]4)CC6)cc3)CC2)C(C)(C)C)cc1. The van der Waals surface area contributed by atoms with Gasteiger partial charge in [-0.15, -0.1) is 11.3 Å². The number of aryl methyl sites for hydroxylation is 2. The monoisotopic (exact) mass is 1250 g/mol. The van der Waals surface area contributed by atoms with Crippen molar-refractivity contribution in [1.82, 2.24) is 25.5 Å². The number of ether oxygens (including phenoxy) is 1. The van der Waals surface area contributed by atoms with E-state index in [0.29, 0.717) is 55.4 Å². The van der Waals surface area contributed by atoms with Crippen LogP contribution in [0.5, 0.6) is 0 Å². The quantitative estimate of drug-likeness (QED) is 0.0242. The Hall–Kier alpha value is -7.72. The van der Waals surface area contributed by atoms with Gasteiger partial charge in [-0.25, -0.2) is 4.98 Å². The number of aromatic amines is 1. The molecule has 6 heterocycles. The number of aliphatic hydroxyl groups is 1. The van der Waals surface area contributed by atoms with Crippen molar-refractivity contribution < 1.29 is 62.6 Å². The van der Waals surface area contributed by atoms with Crippen LogP contribution in [-0.4, -0.2) is 126 Å². The number of fused-ring (bicyclic) bond motifs is 1. The topological polar surface area (TPSA) is 312 Å². The predicted molar refractivity (Wildman–Crippen MR) is 336 cm³/mol. The molecule has 0 unspecified atom stereocenters. The highest BCUT2D eigenvalue weighted by Crippen LogP contribution is 2.43. The Balaban J connectivity index is 0.718. The lowest BCUT2D eigenvalue weighted by molar-refractivity contribution is -0.146. The van der Waals surface area contributed by atoms with Crippen molar-refractivity contribution in [3.63, 3.8) is 0 Å². The van der Waals surface area contributed by atoms with Crippen LogP contribution in [-0.2, 0) is 64.1 Å². The summed E-state index contributed by atoms with van der Waals surface area (Å²) in [5, 5.41) is 17.2. The van der Waals surface area contributed by atoms with Crippen LogP contribution in [0.3, 0.4) is 0 Å². The van der Waals surface area contributed by atoms with Crippen LogP contribution in [0.4, 0.5) is 11.4 Å². The average Bonchev–Trinajstić information content (AvgIpc) is 1.99. The number of Topliss-reactive ketones (excluding diaryl/α,β-unsaturated/α-hetero) is 2. The maximum atomic E-state index is 14.7. The van der Waals surface area contributed by atoms with Crippen LogP contribution in [0, 0.1) is 30.1 Å². The molecule has 2 aromatic heterocycles. The van der Waals surface area contributed by atoms with Gasteiger partial charge in [-0.05, 0) is 116 Å². The molecule has 0 radical (unpaired) electrons. The van der Waals surface area contributed by atoms with Crippen LogP contribution >= 0.6 is 18.9 Å². The lowest BCUT2D eigenvalue weighted by Crippen LogP contribution is -2.54. The second-order valence-corrected chi connectivity index (χ2v) is 27.6. The maximum absolute atomic E-state index is 14.7. The van der Waals surface area contributed by atoms with Gasteiger partial charge in [0.2, 0.25) is 29.5 Å². The van der Waals surface area contributed by atoms with E-state index in [9.17, 15) is 57.8 Å². The summed E-state index contributed by atoms with van der Waals surface area (Å²) < 4.78 is 18.0. The van der Waals surface area contributed by atoms with Gasteiger partial charge in [-0.3, -0.25) is 47.8 Å². The molecule has 2 fully saturated rings. The number of hydrogen-bond acceptors (Lipinski definition) is 14. The number of primary amides is 1. The zero-order valence-corrected chi connectivity index (χ0v) is 52.3. The Kier molecular flexibility index (Phi) is 19.3. The summed E-state index contributed by atoms with van der Waals surface area (Å²) in [6.07, 6.45) is 0.778. The number of H-pyrrole nitrogens is 1. The molecule has 5 amide bonds. The van der Waals surface area contributed by atoms with Crippen LogP contribution in [0.1, 0.15) is 128 Å². The number of nitrogens with one attached hydrogen (secondary N) is 3. The summed E-state index contributed by atoms with van der Waals surface area (Å²) in [7, 11) is -5.04. The van der Waals surface area contributed by atoms with E-state index in [4.69, 9.17) is 10.5 Å². The largest absolute Gasteiger partial charge is 0.396 e. The molecule has 0 spiro atoms. The summed E-state index contributed by atoms with van der Waals surface area (Å²) in [4.78, 5) is 142. The van der Waals surface area contributed by atoms with Gasteiger partial charge >= 0.3 is 7.60 Å². The first-order chi connectivity index (χ1) is 42.3. The first-order valence-electron chi connectivity index (χ1n) is 30.3. The second-order valence-electron chi connectivity index (χ2n) is 25.3. The van der Waals surface area contributed by atoms with E-state index in [2.05, 4.69) is 25.5 Å². The molecule has 21 nitrogen and oxygen atoms in total. The molecule has 6 aromatic rings. The van der Waals surface area contributed by atoms with Crippen LogP contribution in [0.2, 0.25) is 0 Å². The Labute approximate surface area is 520 Å². The molecule has 4 aromatic carbocycles. The molecular formula is C66H77N8O13PS. The first-order valence-corrected chi connectivity index (χ1v) is 32.8. The van der Waals surface area contributed by atoms with Gasteiger partial charge in [0.15, 0.2) is 5.78 Å². The van der Waals surface area contributed by atoms with Crippen molar-refractivity contribution in [2.24, 2.45) is 28.9 Å². The third-order valence-electron chi connectivity index (χ3n) is 18.1. The zero-order valence-electron chi connectivity index (χ0n) is 50.6. The number of piperidine rings is 1. The molecule has 89 heavy (non-hydrogen) atoms. The molecule has 0 saturated carbocycles. The average molecular weight is 1250 g/mol. The van der Waals surface area contributed by atoms with E-state index < -0.39 is 78.3 Å². The lowest BCUT2D eigenvalue weighted by atomic mass is 9.74. The van der Waals surface area contributed by atoms with Gasteiger partial charge in [-0.2, -0.15) is 0 Å². The fourth-order valence-electron chi connectivity index (χ4n) is 12.9. The van der Waals surface area contributed by atoms with E-state index in [1.54, 1.807) is 18.3 Å². The minimum absolute atomic E-state index is 0.00586. The number of aromatic nitrogens is 2. The van der Waals surface area contributed by atoms with E-state index in [0.717, 1.165) is 44.1 Å². The molecule has 4 aliphatic rings. The number of hydrogen-bond donors (Lipinski definition) is 7. The fraction of sp³-hybridized carbons (Fsp3) is 0.439. The van der Waals surface area contributed by atoms with Crippen molar-refractivity contribution in [3.8, 4) is 10.4 Å². The van der Waals surface area contributed by atoms with E-state index in [1.165, 1.54) is 34.1 Å². The van der Waals surface area contributed by atoms with Crippen molar-refractivity contribution in [2.45, 2.75) is 142 Å². The van der Waals surface area contributed by atoms with Gasteiger partial charge in [0.05, 0.1) is 52.3 Å². The Morgan fingerprint density at radius 2 is 1.61 bits per heavy atom. The smallest absolute Gasteiger partial charge is 0.391 e. The number of benzene rings is 4. The number of carbonyl (C=O) groups excluding carboxylic acids is 8. The van der Waals surface area contributed by atoms with Crippen molar-refractivity contribution in [1.29, 1.82) is 0 Å². The van der Waals surface area contributed by atoms with Crippen molar-refractivity contribution >= 4 is 87.8 Å². The molecule has 0 bridgehead atoms. The molecule has 2 saturated heterocycles. The normalized spacial score (nSPS) is 19.8. The molecule has 10 rings (SSSR count). The van der Waals surface area contributed by atoms with Crippen LogP contribution in [0.25, 0.3) is 21.3 Å². The number of anilines is 2. The number of para-hydroxylation sites is 1. The standard InChI is InChI=1S/C66H77N8O13PS/c1-37-60(89-36-69-37)43-13-9-39(10-14-43)33-68-61(79)54-31-49(75)34-73(54)64(82)50(66(3,4)5)32-56(76)41-23-25-72(26-24-41)48-18-11-40(12-19-48)35-87-38(2)51(21-22-58(67)78)71-62(80)55-29-44-8-6-7-42-15-16-45(63(81)74(55)59(42)44)30-57(77)53-28-47-27-46(17-20-52(47)70-53)65(83)88(84,85)86/h6-14,17-20,27-28,36,38,41,45,49-51,54-55,70,75H,15-16,21-26,29-35H2,1-5H3,(H2,67,78)(H,68,79)(H,71,80)(H2,84,85,86)/t38-,45-,49-,50-,51+,54+,55+/m1/s1. The van der Waals surface area contributed by atoms with E-state index in [1.807, 2.05) is 99.9 Å². The third kappa shape index (κ3) is 14.6. The number of ketones is 2. The number of carbonyl (C=O) groups is 8. The number of aliphatic hydroxyl groups excluding tert-OH is 1. The molecule has 470 valence electrons. The van der Waals surface area contributed by atoms with Gasteiger partial charge in [0, 0.05) is 98.2 Å². The minimum Gasteiger partial charge on any atom is -0.391 e. The van der Waals surface area contributed by atoms with Gasteiger partial charge < -0.3 is 50.8 Å². The zero-order chi connectivity index (χ0) is 63.6. The van der Waals surface area contributed by atoms with E-state index in [-0.39, 0.29) is 98.9 Å². The van der Waals surface area contributed by atoms with Gasteiger partial charge in [0.1, 0.15) is 17.9 Å². The molecule has 23 heteroatoms. The molecule has 4 aliphatic heterocycles. The van der Waals surface area contributed by atoms with Gasteiger partial charge in [-0.1, -0.05) is 75.4 Å². The number of nitrogens with zero attached hydrogens (tertiary/aromatic N) is 4. The summed E-state index contributed by atoms with van der Waals surface area (Å²) in [6, 6.07) is 24.4. The number of rotatable bonds is 23. The summed E-state index contributed by atoms with van der Waals surface area (Å²) in [5.74, 6) is -4.23. The molecule has 0 aliphatic carbocycles. The number of β-amino-alcohol motifs (C(OH)–C–C–N with tert-alkyl or cyclic N) is 1. The molecule has 7 atom stereocenters. The maximum Gasteiger partial charge on any atom is 0.396 e. The Morgan fingerprint density at radius 1 is 0.899 bits per heavy atom.